The third-order valence-corrected chi connectivity index (χ3v) is 7.13. The van der Waals surface area contributed by atoms with E-state index in [1.807, 2.05) is 12.4 Å². The second-order valence-corrected chi connectivity index (χ2v) is 8.55. The van der Waals surface area contributed by atoms with Crippen LogP contribution in [0.25, 0.3) is 0 Å². The Balaban J connectivity index is 1.33. The Bertz CT molecular complexity index is 797. The molecule has 148 valence electrons. The summed E-state index contributed by atoms with van der Waals surface area (Å²) in [6.07, 6.45) is 5.50. The maximum absolute atomic E-state index is 11.5. The lowest BCUT2D eigenvalue weighted by Crippen LogP contribution is -2.52. The fourth-order valence-electron chi connectivity index (χ4n) is 5.62. The van der Waals surface area contributed by atoms with Crippen LogP contribution in [0.5, 0.6) is 0 Å². The Kier molecular flexibility index (Phi) is 4.93. The minimum atomic E-state index is -0.307. The van der Waals surface area contributed by atoms with Gasteiger partial charge in [-0.2, -0.15) is 0 Å². The van der Waals surface area contributed by atoms with Gasteiger partial charge in [-0.1, -0.05) is 24.3 Å². The standard InChI is InChI=1S/C23H30N4O/c28-22-21(19-3-1-2-4-20(19)23(22)7-11-25-12-8-23)27-15-13-26(14-16-27)17-18-5-9-24-10-6-18/h1-6,9-10,21-22,25,28H,7-8,11-17H2/t21-,22+/m1/s1. The van der Waals surface area contributed by atoms with Crippen molar-refractivity contribution in [1.82, 2.24) is 20.1 Å². The van der Waals surface area contributed by atoms with Crippen molar-refractivity contribution in [2.75, 3.05) is 39.3 Å². The van der Waals surface area contributed by atoms with E-state index in [1.54, 1.807) is 0 Å². The van der Waals surface area contributed by atoms with Gasteiger partial charge in [0.1, 0.15) is 0 Å². The number of nitrogens with one attached hydrogen (secondary N) is 1. The van der Waals surface area contributed by atoms with Gasteiger partial charge in [-0.15, -0.1) is 0 Å². The van der Waals surface area contributed by atoms with Crippen LogP contribution in [0.3, 0.4) is 0 Å². The molecule has 3 aliphatic rings. The Morgan fingerprint density at radius 3 is 2.46 bits per heavy atom. The van der Waals surface area contributed by atoms with Gasteiger partial charge in [-0.05, 0) is 54.8 Å². The van der Waals surface area contributed by atoms with Crippen molar-refractivity contribution < 1.29 is 5.11 Å². The first-order chi connectivity index (χ1) is 13.8. The summed E-state index contributed by atoms with van der Waals surface area (Å²) in [6.45, 7) is 7.08. The summed E-state index contributed by atoms with van der Waals surface area (Å²) < 4.78 is 0. The number of piperazine rings is 1. The summed E-state index contributed by atoms with van der Waals surface area (Å²) in [5.74, 6) is 0. The van der Waals surface area contributed by atoms with Gasteiger partial charge >= 0.3 is 0 Å². The lowest BCUT2D eigenvalue weighted by Gasteiger charge is -2.43. The van der Waals surface area contributed by atoms with Crippen LogP contribution >= 0.6 is 0 Å². The number of hydrogen-bond donors (Lipinski definition) is 2. The van der Waals surface area contributed by atoms with Crippen molar-refractivity contribution >= 4 is 0 Å². The zero-order valence-corrected chi connectivity index (χ0v) is 16.4. The summed E-state index contributed by atoms with van der Waals surface area (Å²) in [7, 11) is 0. The van der Waals surface area contributed by atoms with Crippen molar-refractivity contribution in [1.29, 1.82) is 0 Å². The van der Waals surface area contributed by atoms with Crippen LogP contribution in [-0.4, -0.2) is 65.3 Å². The average Bonchev–Trinajstić information content (AvgIpc) is 2.98. The minimum absolute atomic E-state index is 0.0688. The van der Waals surface area contributed by atoms with E-state index in [0.29, 0.717) is 0 Å². The predicted molar refractivity (Wildman–Crippen MR) is 110 cm³/mol. The molecule has 2 aromatic rings. The smallest absolute Gasteiger partial charge is 0.0834 e. The van der Waals surface area contributed by atoms with Crippen molar-refractivity contribution in [2.45, 2.75) is 36.9 Å². The van der Waals surface area contributed by atoms with Crippen LogP contribution in [-0.2, 0) is 12.0 Å². The molecule has 2 atom stereocenters. The number of benzene rings is 1. The second-order valence-electron chi connectivity index (χ2n) is 8.55. The molecular formula is C23H30N4O. The Labute approximate surface area is 167 Å². The van der Waals surface area contributed by atoms with Gasteiger partial charge in [0, 0.05) is 50.5 Å². The molecule has 1 aromatic carbocycles. The summed E-state index contributed by atoms with van der Waals surface area (Å²) in [5.41, 5.74) is 4.01. The maximum atomic E-state index is 11.5. The van der Waals surface area contributed by atoms with E-state index in [4.69, 9.17) is 0 Å². The molecule has 0 unspecified atom stereocenters. The molecule has 28 heavy (non-hydrogen) atoms. The topological polar surface area (TPSA) is 51.6 Å². The zero-order valence-electron chi connectivity index (χ0n) is 16.4. The fraction of sp³-hybridized carbons (Fsp3) is 0.522. The molecule has 1 aliphatic carbocycles. The summed E-state index contributed by atoms with van der Waals surface area (Å²) >= 11 is 0. The minimum Gasteiger partial charge on any atom is -0.390 e. The lowest BCUT2D eigenvalue weighted by atomic mass is 9.72. The molecule has 2 fully saturated rings. The number of piperidine rings is 1. The normalized spacial score (nSPS) is 27.8. The monoisotopic (exact) mass is 378 g/mol. The zero-order chi connectivity index (χ0) is 19.0. The molecule has 2 aliphatic heterocycles. The summed E-state index contributed by atoms with van der Waals surface area (Å²) in [5, 5.41) is 15.0. The van der Waals surface area contributed by atoms with Crippen molar-refractivity contribution in [2.24, 2.45) is 0 Å². The number of nitrogens with zero attached hydrogens (tertiary/aromatic N) is 3. The van der Waals surface area contributed by atoms with E-state index in [-0.39, 0.29) is 17.6 Å². The van der Waals surface area contributed by atoms with E-state index in [0.717, 1.165) is 58.7 Å². The van der Waals surface area contributed by atoms with E-state index in [9.17, 15) is 5.11 Å². The highest BCUT2D eigenvalue weighted by molar-refractivity contribution is 5.45. The average molecular weight is 379 g/mol. The van der Waals surface area contributed by atoms with Crippen molar-refractivity contribution in [3.63, 3.8) is 0 Å². The molecule has 0 saturated carbocycles. The van der Waals surface area contributed by atoms with Crippen LogP contribution in [0.15, 0.2) is 48.8 Å². The van der Waals surface area contributed by atoms with Gasteiger partial charge in [0.05, 0.1) is 12.1 Å². The van der Waals surface area contributed by atoms with E-state index in [1.165, 1.54) is 16.7 Å². The predicted octanol–water partition coefficient (Wildman–Crippen LogP) is 1.94. The van der Waals surface area contributed by atoms with Crippen LogP contribution in [0.1, 0.15) is 35.6 Å². The SMILES string of the molecule is O[C@H]1[C@H](N2CCN(Cc3ccncc3)CC2)c2ccccc2C12CCNCC2. The van der Waals surface area contributed by atoms with E-state index in [2.05, 4.69) is 56.5 Å². The molecule has 3 heterocycles. The van der Waals surface area contributed by atoms with Crippen LogP contribution in [0.4, 0.5) is 0 Å². The van der Waals surface area contributed by atoms with Gasteiger partial charge in [-0.3, -0.25) is 14.8 Å². The molecule has 5 heteroatoms. The van der Waals surface area contributed by atoms with Crippen LogP contribution < -0.4 is 5.32 Å². The van der Waals surface area contributed by atoms with Gasteiger partial charge in [0.15, 0.2) is 0 Å². The quantitative estimate of drug-likeness (QED) is 0.855. The highest BCUT2D eigenvalue weighted by atomic mass is 16.3. The summed E-state index contributed by atoms with van der Waals surface area (Å²) in [6, 6.07) is 13.1. The Morgan fingerprint density at radius 1 is 1.00 bits per heavy atom. The third-order valence-electron chi connectivity index (χ3n) is 7.13. The number of aliphatic hydroxyl groups is 1. The van der Waals surface area contributed by atoms with E-state index >= 15 is 0 Å². The molecule has 0 bridgehead atoms. The first-order valence-corrected chi connectivity index (χ1v) is 10.6. The molecule has 2 N–H and O–H groups in total. The highest BCUT2D eigenvalue weighted by Gasteiger charge is 2.53. The van der Waals surface area contributed by atoms with Gasteiger partial charge in [0.2, 0.25) is 0 Å². The lowest BCUT2D eigenvalue weighted by molar-refractivity contribution is -0.0188. The fourth-order valence-corrected chi connectivity index (χ4v) is 5.62. The molecule has 1 spiro atoms. The number of aromatic nitrogens is 1. The number of hydrogen-bond acceptors (Lipinski definition) is 5. The molecule has 0 amide bonds. The van der Waals surface area contributed by atoms with Crippen molar-refractivity contribution in [3.05, 3.63) is 65.5 Å². The molecule has 1 aromatic heterocycles. The first kappa shape index (κ1) is 18.3. The molecule has 0 radical (unpaired) electrons. The summed E-state index contributed by atoms with van der Waals surface area (Å²) in [4.78, 5) is 9.16. The third kappa shape index (κ3) is 3.07. The highest BCUT2D eigenvalue weighted by Crippen LogP contribution is 2.52. The largest absolute Gasteiger partial charge is 0.390 e. The number of pyridine rings is 1. The number of fused-ring (bicyclic) bond motifs is 2. The van der Waals surface area contributed by atoms with Gasteiger partial charge in [0.25, 0.3) is 0 Å². The van der Waals surface area contributed by atoms with Crippen LogP contribution in [0.2, 0.25) is 0 Å². The molecule has 2 saturated heterocycles. The van der Waals surface area contributed by atoms with Gasteiger partial charge in [-0.25, -0.2) is 0 Å². The first-order valence-electron chi connectivity index (χ1n) is 10.6. The van der Waals surface area contributed by atoms with E-state index < -0.39 is 0 Å². The Morgan fingerprint density at radius 2 is 1.71 bits per heavy atom. The molecular weight excluding hydrogens is 348 g/mol. The van der Waals surface area contributed by atoms with Crippen molar-refractivity contribution in [3.8, 4) is 0 Å². The van der Waals surface area contributed by atoms with Gasteiger partial charge < -0.3 is 10.4 Å². The number of rotatable bonds is 3. The molecule has 5 nitrogen and oxygen atoms in total. The Hall–Kier alpha value is -1.79. The molecule has 5 rings (SSSR count). The maximum Gasteiger partial charge on any atom is 0.0834 e. The number of aliphatic hydroxyl groups excluding tert-OH is 1. The van der Waals surface area contributed by atoms with Crippen LogP contribution in [0, 0.1) is 0 Å². The second kappa shape index (κ2) is 7.56.